The summed E-state index contributed by atoms with van der Waals surface area (Å²) in [5, 5.41) is 0.346. The second-order valence-corrected chi connectivity index (χ2v) is 7.06. The summed E-state index contributed by atoms with van der Waals surface area (Å²) in [5.74, 6) is -0.392. The molecule has 3 aromatic rings. The molecule has 29 heavy (non-hydrogen) atoms. The van der Waals surface area contributed by atoms with E-state index in [4.69, 9.17) is 11.6 Å². The predicted octanol–water partition coefficient (Wildman–Crippen LogP) is 5.29. The van der Waals surface area contributed by atoms with Crippen LogP contribution < -0.4 is 4.90 Å². The van der Waals surface area contributed by atoms with E-state index in [9.17, 15) is 18.0 Å². The van der Waals surface area contributed by atoms with Crippen LogP contribution in [0.5, 0.6) is 0 Å². The van der Waals surface area contributed by atoms with E-state index in [0.717, 1.165) is 23.3 Å². The van der Waals surface area contributed by atoms with E-state index in [0.29, 0.717) is 29.0 Å². The zero-order valence-corrected chi connectivity index (χ0v) is 15.8. The second kappa shape index (κ2) is 7.48. The first-order valence-electron chi connectivity index (χ1n) is 8.94. The molecule has 0 fully saturated rings. The summed E-state index contributed by atoms with van der Waals surface area (Å²) >= 11 is 6.03. The molecule has 4 rings (SSSR count). The van der Waals surface area contributed by atoms with Gasteiger partial charge in [0.25, 0.3) is 5.91 Å². The van der Waals surface area contributed by atoms with Crippen molar-refractivity contribution in [3.05, 3.63) is 70.5 Å². The van der Waals surface area contributed by atoms with Crippen LogP contribution in [0, 0.1) is 0 Å². The Morgan fingerprint density at radius 3 is 2.72 bits per heavy atom. The zero-order chi connectivity index (χ0) is 20.6. The lowest BCUT2D eigenvalue weighted by molar-refractivity contribution is -0.137. The molecule has 0 atom stereocenters. The van der Waals surface area contributed by atoms with Crippen LogP contribution in [0.1, 0.15) is 23.1 Å². The van der Waals surface area contributed by atoms with Crippen LogP contribution in [0.15, 0.2) is 48.7 Å². The molecule has 1 aromatic carbocycles. The van der Waals surface area contributed by atoms with Gasteiger partial charge in [0.15, 0.2) is 0 Å². The summed E-state index contributed by atoms with van der Waals surface area (Å²) in [7, 11) is 0. The lowest BCUT2D eigenvalue weighted by atomic mass is 10.0. The number of fused-ring (bicyclic) bond motifs is 3. The van der Waals surface area contributed by atoms with Crippen molar-refractivity contribution in [2.24, 2.45) is 0 Å². The van der Waals surface area contributed by atoms with E-state index < -0.39 is 17.6 Å². The third kappa shape index (κ3) is 3.96. The third-order valence-electron chi connectivity index (χ3n) is 4.78. The van der Waals surface area contributed by atoms with Gasteiger partial charge in [-0.3, -0.25) is 9.78 Å². The normalized spacial score (nSPS) is 16.1. The van der Waals surface area contributed by atoms with E-state index in [-0.39, 0.29) is 12.2 Å². The molecular formula is C21H15ClF3N3O. The van der Waals surface area contributed by atoms with E-state index >= 15 is 0 Å². The van der Waals surface area contributed by atoms with Gasteiger partial charge in [-0.25, -0.2) is 4.98 Å². The van der Waals surface area contributed by atoms with Crippen molar-refractivity contribution in [1.82, 2.24) is 9.97 Å². The van der Waals surface area contributed by atoms with Crippen molar-refractivity contribution in [1.29, 1.82) is 0 Å². The smallest absolute Gasteiger partial charge is 0.309 e. The highest BCUT2D eigenvalue weighted by molar-refractivity contribution is 6.29. The molecule has 1 aliphatic rings. The van der Waals surface area contributed by atoms with Gasteiger partial charge >= 0.3 is 6.18 Å². The first-order valence-corrected chi connectivity index (χ1v) is 9.32. The van der Waals surface area contributed by atoms with E-state index in [1.807, 2.05) is 0 Å². The molecule has 148 valence electrons. The number of halogens is 4. The molecule has 8 heteroatoms. The highest BCUT2D eigenvalue weighted by Crippen LogP contribution is 2.32. The molecule has 0 spiro atoms. The Balaban J connectivity index is 1.71. The largest absolute Gasteiger partial charge is 0.416 e. The minimum atomic E-state index is -4.47. The average molecular weight is 418 g/mol. The number of aryl methyl sites for hydroxylation is 1. The van der Waals surface area contributed by atoms with E-state index in [2.05, 4.69) is 9.97 Å². The molecule has 3 heterocycles. The van der Waals surface area contributed by atoms with Crippen molar-refractivity contribution >= 4 is 40.3 Å². The number of alkyl halides is 3. The molecule has 1 amide bonds. The number of rotatable bonds is 1. The summed E-state index contributed by atoms with van der Waals surface area (Å²) in [4.78, 5) is 22.8. The third-order valence-corrected chi connectivity index (χ3v) is 4.99. The van der Waals surface area contributed by atoms with Gasteiger partial charge in [-0.15, -0.1) is 0 Å². The van der Waals surface area contributed by atoms with Crippen LogP contribution in [0.3, 0.4) is 0 Å². The molecule has 0 radical (unpaired) electrons. The number of hydrogen-bond donors (Lipinski definition) is 0. The fourth-order valence-electron chi connectivity index (χ4n) is 3.40. The van der Waals surface area contributed by atoms with Gasteiger partial charge in [-0.1, -0.05) is 17.7 Å². The number of benzene rings is 1. The minimum absolute atomic E-state index is 0.213. The van der Waals surface area contributed by atoms with Crippen LogP contribution in [0.2, 0.25) is 5.15 Å². The molecule has 2 aromatic heterocycles. The van der Waals surface area contributed by atoms with Gasteiger partial charge < -0.3 is 4.90 Å². The molecule has 0 bridgehead atoms. The summed E-state index contributed by atoms with van der Waals surface area (Å²) in [6, 6.07) is 8.23. The van der Waals surface area contributed by atoms with Crippen LogP contribution in [-0.2, 0) is 17.4 Å². The van der Waals surface area contributed by atoms with Gasteiger partial charge in [0.2, 0.25) is 0 Å². The highest BCUT2D eigenvalue weighted by atomic mass is 35.5. The Morgan fingerprint density at radius 1 is 1.10 bits per heavy atom. The number of amides is 1. The first kappa shape index (κ1) is 19.4. The summed E-state index contributed by atoms with van der Waals surface area (Å²) < 4.78 is 39.2. The number of aromatic nitrogens is 2. The summed E-state index contributed by atoms with van der Waals surface area (Å²) in [6.07, 6.45) is 1.29. The quantitative estimate of drug-likeness (QED) is 0.505. The maximum absolute atomic E-state index is 13.1. The average Bonchev–Trinajstić information content (AvgIpc) is 2.77. The summed E-state index contributed by atoms with van der Waals surface area (Å²) in [5.41, 5.74) is 2.44. The standard InChI is InChI=1S/C21H15ClF3N3O/c22-18-8-7-17-20(27-18)16-5-2-10-28(19(29)9-6-13(16)12-26-17)15-4-1-3-14(11-15)21(23,24)25/h1,3-4,6-9,11-12H,2,5,10H2/b9-6-. The van der Waals surface area contributed by atoms with Crippen molar-refractivity contribution in [2.45, 2.75) is 19.0 Å². The molecule has 4 nitrogen and oxygen atoms in total. The summed E-state index contributed by atoms with van der Waals surface area (Å²) in [6.45, 7) is 0.272. The predicted molar refractivity (Wildman–Crippen MR) is 106 cm³/mol. The number of pyridine rings is 2. The molecule has 0 N–H and O–H groups in total. The monoisotopic (exact) mass is 417 g/mol. The van der Waals surface area contributed by atoms with Crippen LogP contribution >= 0.6 is 11.6 Å². The maximum Gasteiger partial charge on any atom is 0.416 e. The van der Waals surface area contributed by atoms with Crippen LogP contribution in [0.4, 0.5) is 18.9 Å². The van der Waals surface area contributed by atoms with Crippen molar-refractivity contribution in [3.8, 4) is 0 Å². The fraction of sp³-hybridized carbons (Fsp3) is 0.190. The fourth-order valence-corrected chi connectivity index (χ4v) is 3.54. The van der Waals surface area contributed by atoms with Crippen molar-refractivity contribution in [2.75, 3.05) is 11.4 Å². The number of anilines is 1. The Labute approximate surface area is 169 Å². The minimum Gasteiger partial charge on any atom is -0.309 e. The van der Waals surface area contributed by atoms with Crippen molar-refractivity contribution in [3.63, 3.8) is 0 Å². The number of nitrogens with zero attached hydrogens (tertiary/aromatic N) is 3. The van der Waals surface area contributed by atoms with E-state index in [1.54, 1.807) is 24.4 Å². The van der Waals surface area contributed by atoms with Gasteiger partial charge in [0.05, 0.1) is 16.6 Å². The number of carbonyl (C=O) groups is 1. The SMILES string of the molecule is O=C1/C=C\c2cnc3ccc(Cl)nc3c2CCCN1c1cccc(C(F)(F)F)c1. The van der Waals surface area contributed by atoms with Gasteiger partial charge in [0.1, 0.15) is 5.15 Å². The highest BCUT2D eigenvalue weighted by Gasteiger charge is 2.31. The number of carbonyl (C=O) groups excluding carboxylic acids is 1. The maximum atomic E-state index is 13.1. The van der Waals surface area contributed by atoms with Gasteiger partial charge in [0, 0.05) is 24.5 Å². The second-order valence-electron chi connectivity index (χ2n) is 6.67. The van der Waals surface area contributed by atoms with E-state index in [1.165, 1.54) is 23.1 Å². The lowest BCUT2D eigenvalue weighted by Crippen LogP contribution is -2.30. The Bertz CT molecular complexity index is 1130. The molecular weight excluding hydrogens is 403 g/mol. The van der Waals surface area contributed by atoms with Gasteiger partial charge in [-0.05, 0) is 60.4 Å². The molecule has 0 saturated heterocycles. The Hall–Kier alpha value is -2.93. The van der Waals surface area contributed by atoms with Crippen molar-refractivity contribution < 1.29 is 18.0 Å². The van der Waals surface area contributed by atoms with Crippen LogP contribution in [-0.4, -0.2) is 22.4 Å². The number of hydrogen-bond acceptors (Lipinski definition) is 3. The molecule has 0 aliphatic carbocycles. The Kier molecular flexibility index (Phi) is 5.00. The zero-order valence-electron chi connectivity index (χ0n) is 15.1. The molecule has 0 unspecified atom stereocenters. The lowest BCUT2D eigenvalue weighted by Gasteiger charge is -2.22. The molecule has 1 aliphatic heterocycles. The topological polar surface area (TPSA) is 46.1 Å². The molecule has 0 saturated carbocycles. The first-order chi connectivity index (χ1) is 13.8. The van der Waals surface area contributed by atoms with Gasteiger partial charge in [-0.2, -0.15) is 13.2 Å². The van der Waals surface area contributed by atoms with Crippen LogP contribution in [0.25, 0.3) is 17.1 Å². The Morgan fingerprint density at radius 2 is 1.93 bits per heavy atom.